The van der Waals surface area contributed by atoms with Crippen LogP contribution in [0.25, 0.3) is 0 Å². The van der Waals surface area contributed by atoms with E-state index in [1.807, 2.05) is 11.8 Å². The number of thiazole rings is 1. The number of nitrogens with zero attached hydrogens (tertiary/aromatic N) is 4. The number of ether oxygens (including phenoxy) is 2. The number of aliphatic hydroxyl groups is 1. The van der Waals surface area contributed by atoms with E-state index in [1.54, 1.807) is 36.7 Å². The number of fused-ring (bicyclic) bond motifs is 3. The van der Waals surface area contributed by atoms with E-state index >= 15 is 0 Å². The zero-order valence-electron chi connectivity index (χ0n) is 23.4. The van der Waals surface area contributed by atoms with E-state index in [1.165, 1.54) is 17.6 Å². The number of oxazole rings is 1. The lowest BCUT2D eigenvalue weighted by atomic mass is 9.71. The molecule has 2 amide bonds. The fourth-order valence-corrected chi connectivity index (χ4v) is 7.61. The lowest BCUT2D eigenvalue weighted by Gasteiger charge is -2.50. The lowest BCUT2D eigenvalue weighted by Crippen LogP contribution is -2.65. The van der Waals surface area contributed by atoms with Crippen LogP contribution in [0.4, 0.5) is 6.01 Å². The van der Waals surface area contributed by atoms with Gasteiger partial charge >= 0.3 is 0 Å². The highest BCUT2D eigenvalue weighted by atomic mass is 32.1. The smallest absolute Gasteiger partial charge is 0.297 e. The van der Waals surface area contributed by atoms with E-state index in [-0.39, 0.29) is 23.8 Å². The van der Waals surface area contributed by atoms with E-state index in [2.05, 4.69) is 15.3 Å². The Morgan fingerprint density at radius 2 is 2.08 bits per heavy atom. The maximum absolute atomic E-state index is 14.0. The molecule has 0 unspecified atom stereocenters. The maximum atomic E-state index is 14.0. The van der Waals surface area contributed by atoms with Crippen LogP contribution in [0.5, 0.6) is 0 Å². The molecule has 1 saturated carbocycles. The minimum atomic E-state index is -1.22. The van der Waals surface area contributed by atoms with Gasteiger partial charge in [-0.1, -0.05) is 0 Å². The van der Waals surface area contributed by atoms with Crippen LogP contribution >= 0.6 is 11.3 Å². The van der Waals surface area contributed by atoms with Crippen molar-refractivity contribution in [3.05, 3.63) is 29.0 Å². The molecule has 12 heteroatoms. The quantitative estimate of drug-likeness (QED) is 0.464. The van der Waals surface area contributed by atoms with Gasteiger partial charge in [-0.3, -0.25) is 14.6 Å². The molecule has 4 aliphatic heterocycles. The number of nitrogens with one attached hydrogen (secondary N) is 1. The summed E-state index contributed by atoms with van der Waals surface area (Å²) in [6.07, 6.45) is 8.95. The normalized spacial score (nSPS) is 28.9. The number of hydrogen-bond donors (Lipinski definition) is 2. The third-order valence-electron chi connectivity index (χ3n) is 9.40. The predicted octanol–water partition coefficient (Wildman–Crippen LogP) is 2.33. The molecule has 40 heavy (non-hydrogen) atoms. The summed E-state index contributed by atoms with van der Waals surface area (Å²) in [6.45, 7) is 8.37. The van der Waals surface area contributed by atoms with Gasteiger partial charge in [0, 0.05) is 37.0 Å². The van der Waals surface area contributed by atoms with Crippen molar-refractivity contribution in [2.45, 2.75) is 70.3 Å². The Morgan fingerprint density at radius 3 is 2.67 bits per heavy atom. The summed E-state index contributed by atoms with van der Waals surface area (Å²) in [5.74, 6) is -0.770. The van der Waals surface area contributed by atoms with E-state index in [0.717, 1.165) is 25.7 Å². The maximum Gasteiger partial charge on any atom is 0.297 e. The van der Waals surface area contributed by atoms with Crippen LogP contribution in [0.3, 0.4) is 0 Å². The van der Waals surface area contributed by atoms with Crippen molar-refractivity contribution in [1.82, 2.24) is 20.2 Å². The second-order valence-electron chi connectivity index (χ2n) is 12.8. The molecule has 3 atom stereocenters. The van der Waals surface area contributed by atoms with Crippen molar-refractivity contribution >= 4 is 29.2 Å². The fraction of sp³-hybridized carbons (Fsp3) is 0.714. The fourth-order valence-electron chi connectivity index (χ4n) is 7.03. The molecule has 2 N–H and O–H groups in total. The van der Waals surface area contributed by atoms with Crippen LogP contribution in [-0.4, -0.2) is 95.0 Å². The van der Waals surface area contributed by atoms with Crippen LogP contribution in [0.1, 0.15) is 56.1 Å². The van der Waals surface area contributed by atoms with Gasteiger partial charge in [-0.05, 0) is 46.5 Å². The standard InChI is InChI=1S/C28H39N5O6S/c1-18(38-15-27-6-4-19(5-7-27)39-16-27)22(26(2,3)36)31-23(34)20-11-32(24(35)21-10-29-17-40-21)12-28(20)13-33(14-28)25-30-8-9-37-25/h8-10,17-20,22,36H,4-7,11-16H2,1-3H3,(H,31,34)/t18-,19?,20-,22+,27?/m1/s1. The van der Waals surface area contributed by atoms with Gasteiger partial charge in [0.15, 0.2) is 0 Å². The highest BCUT2D eigenvalue weighted by molar-refractivity contribution is 7.11. The van der Waals surface area contributed by atoms with Gasteiger partial charge in [-0.25, -0.2) is 4.98 Å². The van der Waals surface area contributed by atoms with Crippen molar-refractivity contribution < 1.29 is 28.6 Å². The first-order chi connectivity index (χ1) is 19.1. The van der Waals surface area contributed by atoms with Gasteiger partial charge in [0.1, 0.15) is 11.1 Å². The molecule has 0 aromatic carbocycles. The third kappa shape index (κ3) is 5.15. The number of aromatic nitrogens is 2. The molecule has 1 spiro atoms. The monoisotopic (exact) mass is 573 g/mol. The van der Waals surface area contributed by atoms with Crippen molar-refractivity contribution in [3.8, 4) is 0 Å². The van der Waals surface area contributed by atoms with Crippen LogP contribution in [0.2, 0.25) is 0 Å². The summed E-state index contributed by atoms with van der Waals surface area (Å²) in [7, 11) is 0. The van der Waals surface area contributed by atoms with Crippen molar-refractivity contribution in [2.24, 2.45) is 16.7 Å². The van der Waals surface area contributed by atoms with E-state index in [9.17, 15) is 14.7 Å². The number of carbonyl (C=O) groups excluding carboxylic acids is 2. The van der Waals surface area contributed by atoms with Crippen molar-refractivity contribution in [3.63, 3.8) is 0 Å². The molecular weight excluding hydrogens is 534 g/mol. The topological polar surface area (TPSA) is 130 Å². The first-order valence-corrected chi connectivity index (χ1v) is 15.0. The third-order valence-corrected chi connectivity index (χ3v) is 10.2. The SMILES string of the molecule is C[C@@H](OCC12CCC(CC1)OC2)[C@H](NC(=O)[C@H]1CN(C(=O)c2cncs2)CC12CN(c1ncco1)C2)C(C)(C)O. The lowest BCUT2D eigenvalue weighted by molar-refractivity contribution is -0.158. The summed E-state index contributed by atoms with van der Waals surface area (Å²) in [6, 6.07) is -0.128. The largest absolute Gasteiger partial charge is 0.432 e. The molecule has 2 aromatic heterocycles. The van der Waals surface area contributed by atoms with Gasteiger partial charge in [-0.15, -0.1) is 11.3 Å². The van der Waals surface area contributed by atoms with Crippen LogP contribution in [-0.2, 0) is 14.3 Å². The van der Waals surface area contributed by atoms with E-state index < -0.39 is 29.1 Å². The highest BCUT2D eigenvalue weighted by Crippen LogP contribution is 2.46. The van der Waals surface area contributed by atoms with Crippen LogP contribution in [0.15, 0.2) is 28.6 Å². The molecule has 2 bridgehead atoms. The Morgan fingerprint density at radius 1 is 1.30 bits per heavy atom. The van der Waals surface area contributed by atoms with Crippen LogP contribution in [0, 0.1) is 16.7 Å². The van der Waals surface area contributed by atoms with Crippen molar-refractivity contribution in [2.75, 3.05) is 44.3 Å². The molecule has 1 aliphatic carbocycles. The van der Waals surface area contributed by atoms with Crippen LogP contribution < -0.4 is 10.2 Å². The molecule has 218 valence electrons. The highest BCUT2D eigenvalue weighted by Gasteiger charge is 2.59. The molecule has 4 saturated heterocycles. The van der Waals surface area contributed by atoms with Gasteiger partial charge in [0.25, 0.3) is 11.9 Å². The molecule has 5 fully saturated rings. The van der Waals surface area contributed by atoms with E-state index in [4.69, 9.17) is 13.9 Å². The zero-order valence-corrected chi connectivity index (χ0v) is 24.2. The molecule has 11 nitrogen and oxygen atoms in total. The van der Waals surface area contributed by atoms with Gasteiger partial charge < -0.3 is 34.1 Å². The average Bonchev–Trinajstić information content (AvgIpc) is 3.70. The molecule has 7 rings (SSSR count). The number of likely N-dealkylation sites (tertiary alicyclic amines) is 1. The first-order valence-electron chi connectivity index (χ1n) is 14.2. The second kappa shape index (κ2) is 10.4. The zero-order chi connectivity index (χ0) is 28.1. The summed E-state index contributed by atoms with van der Waals surface area (Å²) >= 11 is 1.29. The Balaban J connectivity index is 1.16. The predicted molar refractivity (Wildman–Crippen MR) is 147 cm³/mol. The summed E-state index contributed by atoms with van der Waals surface area (Å²) < 4.78 is 17.8. The molecule has 0 radical (unpaired) electrons. The van der Waals surface area contributed by atoms with E-state index in [0.29, 0.717) is 49.8 Å². The summed E-state index contributed by atoms with van der Waals surface area (Å²) in [5, 5.41) is 14.3. The minimum absolute atomic E-state index is 0.0134. The molecule has 6 heterocycles. The number of rotatable bonds is 9. The number of carbonyl (C=O) groups is 2. The number of anilines is 1. The van der Waals surface area contributed by atoms with Gasteiger partial charge in [-0.2, -0.15) is 0 Å². The van der Waals surface area contributed by atoms with Gasteiger partial charge in [0.2, 0.25) is 5.91 Å². The van der Waals surface area contributed by atoms with Gasteiger partial charge in [0.05, 0.1) is 60.9 Å². The molecule has 5 aliphatic rings. The Hall–Kier alpha value is -2.54. The molecular formula is C28H39N5O6S. The number of amides is 2. The molecule has 2 aromatic rings. The minimum Gasteiger partial charge on any atom is -0.432 e. The number of hydrogen-bond acceptors (Lipinski definition) is 10. The Labute approximate surface area is 238 Å². The second-order valence-corrected chi connectivity index (χ2v) is 13.7. The first kappa shape index (κ1) is 27.6. The summed E-state index contributed by atoms with van der Waals surface area (Å²) in [4.78, 5) is 39.8. The average molecular weight is 574 g/mol. The van der Waals surface area contributed by atoms with Crippen molar-refractivity contribution in [1.29, 1.82) is 0 Å². The Kier molecular flexibility index (Phi) is 7.17. The Bertz CT molecular complexity index is 1170. The summed E-state index contributed by atoms with van der Waals surface area (Å²) in [5.41, 5.74) is -0.0261.